The average molecular weight is 568 g/mol. The van der Waals surface area contributed by atoms with Gasteiger partial charge < -0.3 is 19.9 Å². The Balaban J connectivity index is 1.29. The number of hydrogen-bond donors (Lipinski definition) is 2. The van der Waals surface area contributed by atoms with E-state index in [0.717, 1.165) is 24.2 Å². The van der Waals surface area contributed by atoms with Crippen molar-refractivity contribution in [2.75, 3.05) is 19.5 Å². The van der Waals surface area contributed by atoms with Crippen LogP contribution in [0.1, 0.15) is 43.6 Å². The summed E-state index contributed by atoms with van der Waals surface area (Å²) < 4.78 is 67.5. The summed E-state index contributed by atoms with van der Waals surface area (Å²) in [6.07, 6.45) is -3.12. The highest BCUT2D eigenvalue weighted by molar-refractivity contribution is 7.23. The highest BCUT2D eigenvalue weighted by Crippen LogP contribution is 2.45. The zero-order valence-corrected chi connectivity index (χ0v) is 22.3. The molecule has 2 aliphatic heterocycles. The maximum atomic E-state index is 15.4. The van der Waals surface area contributed by atoms with E-state index in [9.17, 15) is 18.0 Å². The highest BCUT2D eigenvalue weighted by atomic mass is 32.1. The van der Waals surface area contributed by atoms with Crippen molar-refractivity contribution in [2.24, 2.45) is 0 Å². The Morgan fingerprint density at radius 3 is 2.82 bits per heavy atom. The van der Waals surface area contributed by atoms with Gasteiger partial charge in [-0.1, -0.05) is 17.3 Å². The summed E-state index contributed by atoms with van der Waals surface area (Å²) in [4.78, 5) is 19.0. The molecule has 2 N–H and O–H groups in total. The number of amides is 1. The van der Waals surface area contributed by atoms with Gasteiger partial charge in [0.05, 0.1) is 34.3 Å². The summed E-state index contributed by atoms with van der Waals surface area (Å²) in [7, 11) is 3.42. The number of anilines is 1. The molecule has 8 nitrogen and oxygen atoms in total. The van der Waals surface area contributed by atoms with Gasteiger partial charge in [0.1, 0.15) is 11.8 Å². The summed E-state index contributed by atoms with van der Waals surface area (Å²) >= 11 is 1.12. The van der Waals surface area contributed by atoms with Crippen LogP contribution in [0.15, 0.2) is 22.7 Å². The second-order valence-corrected chi connectivity index (χ2v) is 11.7. The Kier molecular flexibility index (Phi) is 6.58. The number of rotatable bonds is 8. The lowest BCUT2D eigenvalue weighted by molar-refractivity contribution is -0.133. The molecule has 210 valence electrons. The molecule has 2 saturated heterocycles. The van der Waals surface area contributed by atoms with Crippen LogP contribution >= 0.6 is 11.3 Å². The zero-order valence-electron chi connectivity index (χ0n) is 21.5. The number of ether oxygens (including phenoxy) is 1. The Labute approximate surface area is 226 Å². The van der Waals surface area contributed by atoms with Crippen LogP contribution in [0.5, 0.6) is 0 Å². The van der Waals surface area contributed by atoms with Crippen molar-refractivity contribution in [3.63, 3.8) is 0 Å². The molecule has 0 unspecified atom stereocenters. The first kappa shape index (κ1) is 26.5. The molecule has 1 saturated carbocycles. The molecule has 2 aromatic heterocycles. The van der Waals surface area contributed by atoms with E-state index in [1.54, 1.807) is 18.2 Å². The van der Waals surface area contributed by atoms with Crippen LogP contribution < -0.4 is 10.6 Å². The highest BCUT2D eigenvalue weighted by Gasteiger charge is 2.50. The first-order valence-corrected chi connectivity index (χ1v) is 13.8. The number of methoxy groups -OCH3 is 1. The fourth-order valence-corrected chi connectivity index (χ4v) is 7.17. The Morgan fingerprint density at radius 2 is 2.10 bits per heavy atom. The van der Waals surface area contributed by atoms with Crippen LogP contribution in [-0.4, -0.2) is 71.2 Å². The summed E-state index contributed by atoms with van der Waals surface area (Å²) in [5.74, 6) is -0.214. The molecule has 3 fully saturated rings. The third kappa shape index (κ3) is 4.89. The van der Waals surface area contributed by atoms with E-state index in [1.165, 1.54) is 7.11 Å². The number of carbonyl (C=O) groups excluding carboxylic acids is 1. The number of nitrogens with one attached hydrogen (secondary N) is 2. The second-order valence-electron chi connectivity index (χ2n) is 10.7. The van der Waals surface area contributed by atoms with Gasteiger partial charge >= 0.3 is 6.18 Å². The molecule has 39 heavy (non-hydrogen) atoms. The van der Waals surface area contributed by atoms with Crippen molar-refractivity contribution in [1.29, 1.82) is 0 Å². The summed E-state index contributed by atoms with van der Waals surface area (Å²) in [6, 6.07) is 4.79. The first-order valence-electron chi connectivity index (χ1n) is 13.0. The standard InChI is InChI=1S/C26H29F4N5O3S/c1-35-13-6-7-18(35)20(27)17(10-13)32-16-5-3-4-14-15(11-26(28,29)30)22(39-21(14)16)23-33-19(38-34-23)12-31-24(36)25(37-2)8-9-25/h3-5,13,17-18,20,32H,6-12H2,1-2H3,(H,31,36)/t13-,17-,18+,20-/m1/s1. The average Bonchev–Trinajstić information content (AvgIpc) is 3.29. The normalized spacial score (nSPS) is 26.2. The van der Waals surface area contributed by atoms with Gasteiger partial charge in [-0.15, -0.1) is 11.3 Å². The molecule has 0 radical (unpaired) electrons. The van der Waals surface area contributed by atoms with E-state index in [-0.39, 0.29) is 46.7 Å². The number of alkyl halides is 4. The number of carbonyl (C=O) groups is 1. The van der Waals surface area contributed by atoms with Crippen LogP contribution in [0.2, 0.25) is 0 Å². The summed E-state index contributed by atoms with van der Waals surface area (Å²) in [5.41, 5.74) is -0.197. The van der Waals surface area contributed by atoms with Crippen LogP contribution in [0, 0.1) is 0 Å². The maximum absolute atomic E-state index is 15.4. The largest absolute Gasteiger partial charge is 0.393 e. The lowest BCUT2D eigenvalue weighted by Crippen LogP contribution is -2.53. The minimum absolute atomic E-state index is 0.0132. The molecule has 2 bridgehead atoms. The van der Waals surface area contributed by atoms with Crippen molar-refractivity contribution >= 4 is 33.0 Å². The quantitative estimate of drug-likeness (QED) is 0.377. The van der Waals surface area contributed by atoms with Crippen molar-refractivity contribution < 1.29 is 31.6 Å². The van der Waals surface area contributed by atoms with E-state index < -0.39 is 30.4 Å². The van der Waals surface area contributed by atoms with Gasteiger partial charge in [-0.3, -0.25) is 9.69 Å². The summed E-state index contributed by atoms with van der Waals surface area (Å²) in [5, 5.41) is 10.3. The van der Waals surface area contributed by atoms with Gasteiger partial charge in [-0.05, 0) is 56.2 Å². The first-order chi connectivity index (χ1) is 18.6. The number of thiophene rings is 1. The third-order valence-electron chi connectivity index (χ3n) is 8.29. The molecular formula is C26H29F4N5O3S. The number of fused-ring (bicyclic) bond motifs is 3. The van der Waals surface area contributed by atoms with Crippen LogP contribution in [0.25, 0.3) is 20.8 Å². The Hall–Kier alpha value is -2.77. The summed E-state index contributed by atoms with van der Waals surface area (Å²) in [6.45, 7) is -0.0698. The van der Waals surface area contributed by atoms with Gasteiger partial charge in [0.25, 0.3) is 5.91 Å². The molecular weight excluding hydrogens is 538 g/mol. The van der Waals surface area contributed by atoms with Gasteiger partial charge in [0.2, 0.25) is 11.7 Å². The molecule has 4 atom stereocenters. The van der Waals surface area contributed by atoms with Gasteiger partial charge in [-0.25, -0.2) is 4.39 Å². The monoisotopic (exact) mass is 567 g/mol. The van der Waals surface area contributed by atoms with Crippen molar-refractivity contribution in [3.8, 4) is 10.7 Å². The minimum atomic E-state index is -4.47. The minimum Gasteiger partial charge on any atom is -0.378 e. The van der Waals surface area contributed by atoms with Gasteiger partial charge in [0, 0.05) is 19.2 Å². The lowest BCUT2D eigenvalue weighted by atomic mass is 9.95. The predicted octanol–water partition coefficient (Wildman–Crippen LogP) is 4.84. The fourth-order valence-electron chi connectivity index (χ4n) is 5.95. The molecule has 13 heteroatoms. The number of halogens is 4. The van der Waals surface area contributed by atoms with Crippen LogP contribution in [-0.2, 0) is 22.5 Å². The molecule has 4 heterocycles. The topological polar surface area (TPSA) is 92.5 Å². The molecule has 1 amide bonds. The Morgan fingerprint density at radius 1 is 1.31 bits per heavy atom. The molecule has 1 aliphatic carbocycles. The second kappa shape index (κ2) is 9.70. The van der Waals surface area contributed by atoms with Crippen molar-refractivity contribution in [2.45, 2.75) is 81.1 Å². The van der Waals surface area contributed by atoms with Crippen LogP contribution in [0.4, 0.5) is 23.2 Å². The fraction of sp³-hybridized carbons (Fsp3) is 0.577. The molecule has 6 rings (SSSR count). The third-order valence-corrected chi connectivity index (χ3v) is 9.57. The predicted molar refractivity (Wildman–Crippen MR) is 137 cm³/mol. The smallest absolute Gasteiger partial charge is 0.378 e. The van der Waals surface area contributed by atoms with Crippen molar-refractivity contribution in [3.05, 3.63) is 29.7 Å². The van der Waals surface area contributed by atoms with Crippen molar-refractivity contribution in [1.82, 2.24) is 20.4 Å². The van der Waals surface area contributed by atoms with E-state index in [1.807, 2.05) is 7.05 Å². The SMILES string of the molecule is COC1(C(=O)NCc2nc(-c3sc4c(N[C@@H]5C[C@H]6CC[C@@H]([C@@H]5F)N6C)cccc4c3CC(F)(F)F)no2)CC1. The van der Waals surface area contributed by atoms with E-state index in [2.05, 4.69) is 25.7 Å². The molecule has 0 spiro atoms. The number of aromatic nitrogens is 2. The van der Waals surface area contributed by atoms with E-state index in [4.69, 9.17) is 9.26 Å². The molecule has 3 aromatic rings. The van der Waals surface area contributed by atoms with Gasteiger partial charge in [-0.2, -0.15) is 18.2 Å². The Bertz CT molecular complexity index is 1390. The van der Waals surface area contributed by atoms with E-state index >= 15 is 4.39 Å². The molecule has 3 aliphatic rings. The number of nitrogens with zero attached hydrogens (tertiary/aromatic N) is 3. The maximum Gasteiger partial charge on any atom is 0.393 e. The lowest BCUT2D eigenvalue weighted by Gasteiger charge is -2.39. The van der Waals surface area contributed by atoms with Crippen LogP contribution in [0.3, 0.4) is 0 Å². The number of benzene rings is 1. The van der Waals surface area contributed by atoms with E-state index in [0.29, 0.717) is 35.0 Å². The molecule has 1 aromatic carbocycles. The number of hydrogen-bond acceptors (Lipinski definition) is 8. The van der Waals surface area contributed by atoms with Gasteiger partial charge in [0.15, 0.2) is 0 Å². The number of piperidine rings is 1. The zero-order chi connectivity index (χ0) is 27.5.